The molecule has 0 aliphatic carbocycles. The molecular formula is C10H12ClF2NO2S. The SMILES string of the molecule is O=S(=O)(c1ccc(NCCCCl)cc1)C(F)F. The molecule has 1 N–H and O–H groups in total. The van der Waals surface area contributed by atoms with E-state index in [2.05, 4.69) is 5.32 Å². The predicted molar refractivity (Wildman–Crippen MR) is 63.5 cm³/mol. The summed E-state index contributed by atoms with van der Waals surface area (Å²) in [5, 5.41) is 2.99. The number of anilines is 1. The normalized spacial score (nSPS) is 11.8. The van der Waals surface area contributed by atoms with Gasteiger partial charge in [0.2, 0.25) is 9.84 Å². The van der Waals surface area contributed by atoms with Crippen molar-refractivity contribution in [2.75, 3.05) is 17.7 Å². The number of alkyl halides is 3. The first-order valence-corrected chi connectivity index (χ1v) is 6.98. The molecule has 1 rings (SSSR count). The molecule has 0 atom stereocenters. The molecule has 0 radical (unpaired) electrons. The third kappa shape index (κ3) is 3.81. The van der Waals surface area contributed by atoms with Crippen molar-refractivity contribution in [1.82, 2.24) is 0 Å². The fourth-order valence-electron chi connectivity index (χ4n) is 1.16. The third-order valence-corrected chi connectivity index (χ3v) is 3.72. The van der Waals surface area contributed by atoms with Gasteiger partial charge in [-0.15, -0.1) is 11.6 Å². The maximum Gasteiger partial charge on any atom is 0.341 e. The van der Waals surface area contributed by atoms with Crippen molar-refractivity contribution < 1.29 is 17.2 Å². The number of hydrogen-bond acceptors (Lipinski definition) is 3. The Morgan fingerprint density at radius 2 is 1.82 bits per heavy atom. The van der Waals surface area contributed by atoms with Crippen molar-refractivity contribution in [3.63, 3.8) is 0 Å². The highest BCUT2D eigenvalue weighted by atomic mass is 35.5. The lowest BCUT2D eigenvalue weighted by molar-refractivity contribution is 0.234. The highest BCUT2D eigenvalue weighted by Gasteiger charge is 2.26. The summed E-state index contributed by atoms with van der Waals surface area (Å²) in [6.45, 7) is 0.643. The molecule has 0 amide bonds. The predicted octanol–water partition coefficient (Wildman–Crippen LogP) is 2.72. The lowest BCUT2D eigenvalue weighted by atomic mass is 10.3. The van der Waals surface area contributed by atoms with Crippen LogP contribution in [0, 0.1) is 0 Å². The Balaban J connectivity index is 2.75. The van der Waals surface area contributed by atoms with Crippen molar-refractivity contribution in [2.24, 2.45) is 0 Å². The van der Waals surface area contributed by atoms with Crippen LogP contribution in [0.25, 0.3) is 0 Å². The van der Waals surface area contributed by atoms with Crippen LogP contribution in [0.15, 0.2) is 29.2 Å². The molecule has 3 nitrogen and oxygen atoms in total. The minimum Gasteiger partial charge on any atom is -0.385 e. The topological polar surface area (TPSA) is 46.2 Å². The number of benzene rings is 1. The second kappa shape index (κ2) is 6.16. The summed E-state index contributed by atoms with van der Waals surface area (Å²) in [7, 11) is -4.50. The number of halogens is 3. The lowest BCUT2D eigenvalue weighted by Crippen LogP contribution is -2.11. The molecule has 7 heteroatoms. The molecule has 0 heterocycles. The van der Waals surface area contributed by atoms with Crippen LogP contribution in [0.4, 0.5) is 14.5 Å². The van der Waals surface area contributed by atoms with Crippen LogP contribution in [0.2, 0.25) is 0 Å². The van der Waals surface area contributed by atoms with Crippen LogP contribution >= 0.6 is 11.6 Å². The Bertz CT molecular complexity index is 448. The van der Waals surface area contributed by atoms with E-state index in [1.54, 1.807) is 0 Å². The van der Waals surface area contributed by atoms with Crippen LogP contribution in [0.1, 0.15) is 6.42 Å². The molecule has 0 saturated carbocycles. The number of rotatable bonds is 6. The molecule has 0 aliphatic heterocycles. The van der Waals surface area contributed by atoms with E-state index in [0.717, 1.165) is 18.6 Å². The first kappa shape index (κ1) is 14.2. The standard InChI is InChI=1S/C10H12ClF2NO2S/c11-6-1-7-14-8-2-4-9(5-3-8)17(15,16)10(12)13/h2-5,10,14H,1,6-7H2. The van der Waals surface area contributed by atoms with Crippen LogP contribution in [0.3, 0.4) is 0 Å². The Labute approximate surface area is 104 Å². The van der Waals surface area contributed by atoms with Gasteiger partial charge in [-0.1, -0.05) is 0 Å². The fraction of sp³-hybridized carbons (Fsp3) is 0.400. The van der Waals surface area contributed by atoms with E-state index in [0.29, 0.717) is 18.1 Å². The van der Waals surface area contributed by atoms with Gasteiger partial charge < -0.3 is 5.32 Å². The van der Waals surface area contributed by atoms with Gasteiger partial charge in [-0.2, -0.15) is 8.78 Å². The van der Waals surface area contributed by atoms with Gasteiger partial charge in [0.25, 0.3) is 0 Å². The molecule has 0 saturated heterocycles. The Morgan fingerprint density at radius 1 is 1.24 bits per heavy atom. The number of hydrogen-bond donors (Lipinski definition) is 1. The Hall–Kier alpha value is -0.880. The summed E-state index contributed by atoms with van der Waals surface area (Å²) in [5.74, 6) is -2.87. The Morgan fingerprint density at radius 3 is 2.29 bits per heavy atom. The summed E-state index contributed by atoms with van der Waals surface area (Å²) < 4.78 is 46.7. The van der Waals surface area contributed by atoms with E-state index in [4.69, 9.17) is 11.6 Å². The second-order valence-corrected chi connectivity index (χ2v) is 5.60. The van der Waals surface area contributed by atoms with Crippen LogP contribution < -0.4 is 5.32 Å². The molecule has 1 aromatic rings. The van der Waals surface area contributed by atoms with Gasteiger partial charge in [-0.3, -0.25) is 0 Å². The van der Waals surface area contributed by atoms with Crippen molar-refractivity contribution in [3.05, 3.63) is 24.3 Å². The van der Waals surface area contributed by atoms with Crippen molar-refractivity contribution in [2.45, 2.75) is 17.1 Å². The van der Waals surface area contributed by atoms with E-state index >= 15 is 0 Å². The smallest absolute Gasteiger partial charge is 0.341 e. The Kier molecular flexibility index (Phi) is 5.14. The van der Waals surface area contributed by atoms with Crippen molar-refractivity contribution in [3.8, 4) is 0 Å². The van der Waals surface area contributed by atoms with E-state index in [1.165, 1.54) is 12.1 Å². The molecule has 96 valence electrons. The average Bonchev–Trinajstić information content (AvgIpc) is 2.30. The lowest BCUT2D eigenvalue weighted by Gasteiger charge is -2.07. The van der Waals surface area contributed by atoms with Gasteiger partial charge >= 0.3 is 5.76 Å². The molecule has 0 aliphatic rings. The van der Waals surface area contributed by atoms with Crippen LogP contribution in [-0.2, 0) is 9.84 Å². The summed E-state index contributed by atoms with van der Waals surface area (Å²) >= 11 is 5.49. The summed E-state index contributed by atoms with van der Waals surface area (Å²) in [6.07, 6.45) is 0.763. The fourth-order valence-corrected chi connectivity index (χ4v) is 2.02. The maximum atomic E-state index is 12.2. The van der Waals surface area contributed by atoms with Gasteiger partial charge in [0.15, 0.2) is 0 Å². The van der Waals surface area contributed by atoms with Gasteiger partial charge in [0.1, 0.15) is 0 Å². The molecule has 17 heavy (non-hydrogen) atoms. The van der Waals surface area contributed by atoms with Gasteiger partial charge in [-0.05, 0) is 30.7 Å². The summed E-state index contributed by atoms with van der Waals surface area (Å²) in [6, 6.07) is 5.21. The monoisotopic (exact) mass is 283 g/mol. The highest BCUT2D eigenvalue weighted by Crippen LogP contribution is 2.20. The number of nitrogens with one attached hydrogen (secondary N) is 1. The zero-order chi connectivity index (χ0) is 12.9. The minimum atomic E-state index is -4.50. The third-order valence-electron chi connectivity index (χ3n) is 2.06. The second-order valence-electron chi connectivity index (χ2n) is 3.30. The summed E-state index contributed by atoms with van der Waals surface area (Å²) in [5.41, 5.74) is 0.670. The first-order valence-electron chi connectivity index (χ1n) is 4.90. The van der Waals surface area contributed by atoms with Crippen LogP contribution in [-0.4, -0.2) is 26.6 Å². The molecule has 0 fully saturated rings. The van der Waals surface area contributed by atoms with Gasteiger partial charge in [-0.25, -0.2) is 8.42 Å². The van der Waals surface area contributed by atoms with E-state index in [1.807, 2.05) is 0 Å². The summed E-state index contributed by atoms with van der Waals surface area (Å²) in [4.78, 5) is -0.379. The molecule has 1 aromatic carbocycles. The average molecular weight is 284 g/mol. The highest BCUT2D eigenvalue weighted by molar-refractivity contribution is 7.91. The molecular weight excluding hydrogens is 272 g/mol. The largest absolute Gasteiger partial charge is 0.385 e. The minimum absolute atomic E-state index is 0.379. The molecule has 0 aromatic heterocycles. The molecule has 0 bridgehead atoms. The maximum absolute atomic E-state index is 12.2. The van der Waals surface area contributed by atoms with Crippen molar-refractivity contribution >= 4 is 27.1 Å². The molecule has 0 unspecified atom stereocenters. The zero-order valence-electron chi connectivity index (χ0n) is 8.87. The number of sulfone groups is 1. The van der Waals surface area contributed by atoms with Gasteiger partial charge in [0, 0.05) is 18.1 Å². The van der Waals surface area contributed by atoms with E-state index < -0.39 is 15.6 Å². The zero-order valence-corrected chi connectivity index (χ0v) is 10.4. The quantitative estimate of drug-likeness (QED) is 0.645. The van der Waals surface area contributed by atoms with Crippen molar-refractivity contribution in [1.29, 1.82) is 0 Å². The molecule has 0 spiro atoms. The van der Waals surface area contributed by atoms with E-state index in [9.17, 15) is 17.2 Å². The van der Waals surface area contributed by atoms with E-state index in [-0.39, 0.29) is 4.90 Å². The van der Waals surface area contributed by atoms with Crippen LogP contribution in [0.5, 0.6) is 0 Å². The van der Waals surface area contributed by atoms with Gasteiger partial charge in [0.05, 0.1) is 4.90 Å². The first-order chi connectivity index (χ1) is 7.98.